The summed E-state index contributed by atoms with van der Waals surface area (Å²) >= 11 is 1.67. The van der Waals surface area contributed by atoms with E-state index in [4.69, 9.17) is 0 Å². The quantitative estimate of drug-likeness (QED) is 0.499. The molecule has 30 heavy (non-hydrogen) atoms. The Hall–Kier alpha value is -2.61. The highest BCUT2D eigenvalue weighted by atomic mass is 32.1. The van der Waals surface area contributed by atoms with E-state index in [1.807, 2.05) is 24.8 Å². The molecule has 0 saturated carbocycles. The van der Waals surface area contributed by atoms with Crippen molar-refractivity contribution in [3.05, 3.63) is 46.4 Å². The number of hydrogen-bond acceptors (Lipinski definition) is 5. The van der Waals surface area contributed by atoms with Gasteiger partial charge in [-0.2, -0.15) is 0 Å². The van der Waals surface area contributed by atoms with Crippen molar-refractivity contribution < 1.29 is 4.79 Å². The van der Waals surface area contributed by atoms with E-state index in [1.54, 1.807) is 11.3 Å². The summed E-state index contributed by atoms with van der Waals surface area (Å²) in [6.07, 6.45) is 1.30. The lowest BCUT2D eigenvalue weighted by Crippen LogP contribution is -2.49. The number of carbonyl (C=O) groups excluding carboxylic acids is 1. The van der Waals surface area contributed by atoms with Crippen LogP contribution in [0.5, 0.6) is 0 Å². The fourth-order valence-electron chi connectivity index (χ4n) is 3.45. The smallest absolute Gasteiger partial charge is 0.224 e. The number of nitrogens with one attached hydrogen (secondary N) is 2. The van der Waals surface area contributed by atoms with Crippen LogP contribution >= 0.6 is 11.3 Å². The zero-order valence-electron chi connectivity index (χ0n) is 17.9. The van der Waals surface area contributed by atoms with Crippen molar-refractivity contribution >= 4 is 28.9 Å². The van der Waals surface area contributed by atoms with Crippen LogP contribution in [0.25, 0.3) is 0 Å². The van der Waals surface area contributed by atoms with E-state index in [-0.39, 0.29) is 5.91 Å². The standard InChI is InChI=1S/C22H32N6OS/c1-3-23-22(24-11-9-19-17-30-18(2)26-19)25-12-10-21(29)28-15-13-27(14-16-28)20-7-5-4-6-8-20/h4-8,17H,3,9-16H2,1-2H3,(H2,23,24,25). The maximum Gasteiger partial charge on any atom is 0.224 e. The van der Waals surface area contributed by atoms with E-state index in [1.165, 1.54) is 5.69 Å². The Labute approximate surface area is 183 Å². The van der Waals surface area contributed by atoms with Crippen LogP contribution in [-0.2, 0) is 11.2 Å². The van der Waals surface area contributed by atoms with Gasteiger partial charge in [-0.15, -0.1) is 11.3 Å². The van der Waals surface area contributed by atoms with Crippen molar-refractivity contribution in [2.24, 2.45) is 4.99 Å². The van der Waals surface area contributed by atoms with Gasteiger partial charge >= 0.3 is 0 Å². The van der Waals surface area contributed by atoms with Crippen LogP contribution in [0.1, 0.15) is 24.0 Å². The van der Waals surface area contributed by atoms with Crippen LogP contribution in [0.4, 0.5) is 5.69 Å². The number of aliphatic imine (C=N–C) groups is 1. The average molecular weight is 429 g/mol. The zero-order chi connectivity index (χ0) is 21.2. The fraction of sp³-hybridized carbons (Fsp3) is 0.500. The van der Waals surface area contributed by atoms with Gasteiger partial charge in [-0.05, 0) is 26.0 Å². The first-order valence-electron chi connectivity index (χ1n) is 10.7. The lowest BCUT2D eigenvalue weighted by molar-refractivity contribution is -0.131. The third kappa shape index (κ3) is 6.73. The number of guanidine groups is 1. The number of aromatic nitrogens is 1. The SMILES string of the molecule is CCNC(=NCCC(=O)N1CCN(c2ccccc2)CC1)NCCc1csc(C)n1. The predicted molar refractivity (Wildman–Crippen MR) is 124 cm³/mol. The lowest BCUT2D eigenvalue weighted by Gasteiger charge is -2.36. The van der Waals surface area contributed by atoms with Crippen LogP contribution in [0.2, 0.25) is 0 Å². The molecule has 3 rings (SSSR count). The number of carbonyl (C=O) groups is 1. The van der Waals surface area contributed by atoms with Gasteiger partial charge in [0.2, 0.25) is 5.91 Å². The largest absolute Gasteiger partial charge is 0.368 e. The van der Waals surface area contributed by atoms with Crippen molar-refractivity contribution in [2.45, 2.75) is 26.7 Å². The van der Waals surface area contributed by atoms with E-state index in [0.717, 1.165) is 62.4 Å². The maximum absolute atomic E-state index is 12.6. The summed E-state index contributed by atoms with van der Waals surface area (Å²) in [6.45, 7) is 9.39. The van der Waals surface area contributed by atoms with Crippen molar-refractivity contribution in [2.75, 3.05) is 50.7 Å². The summed E-state index contributed by atoms with van der Waals surface area (Å²) in [5.74, 6) is 0.936. The molecule has 2 N–H and O–H groups in total. The summed E-state index contributed by atoms with van der Waals surface area (Å²) in [6, 6.07) is 10.4. The monoisotopic (exact) mass is 428 g/mol. The molecular formula is C22H32N6OS. The minimum atomic E-state index is 0.181. The molecule has 0 unspecified atom stereocenters. The van der Waals surface area contributed by atoms with Gasteiger partial charge in [0.15, 0.2) is 5.96 Å². The molecule has 1 fully saturated rings. The molecule has 1 aromatic carbocycles. The van der Waals surface area contributed by atoms with E-state index in [9.17, 15) is 4.79 Å². The Bertz CT molecular complexity index is 814. The van der Waals surface area contributed by atoms with Gasteiger partial charge in [0.1, 0.15) is 0 Å². The van der Waals surface area contributed by atoms with Gasteiger partial charge in [-0.1, -0.05) is 18.2 Å². The molecule has 1 amide bonds. The number of piperazine rings is 1. The molecule has 2 aromatic rings. The lowest BCUT2D eigenvalue weighted by atomic mass is 10.2. The second kappa shape index (κ2) is 11.5. The molecule has 7 nitrogen and oxygen atoms in total. The van der Waals surface area contributed by atoms with Crippen molar-refractivity contribution in [1.82, 2.24) is 20.5 Å². The molecule has 8 heteroatoms. The molecule has 162 valence electrons. The summed E-state index contributed by atoms with van der Waals surface area (Å²) < 4.78 is 0. The molecule has 2 heterocycles. The Morgan fingerprint density at radius 2 is 1.93 bits per heavy atom. The van der Waals surface area contributed by atoms with Gasteiger partial charge in [0.25, 0.3) is 0 Å². The van der Waals surface area contributed by atoms with Crippen molar-refractivity contribution in [3.63, 3.8) is 0 Å². The molecule has 0 atom stereocenters. The molecule has 1 aliphatic rings. The van der Waals surface area contributed by atoms with Crippen LogP contribution in [0, 0.1) is 6.92 Å². The van der Waals surface area contributed by atoms with Crippen LogP contribution in [0.3, 0.4) is 0 Å². The highest BCUT2D eigenvalue weighted by molar-refractivity contribution is 7.09. The minimum absolute atomic E-state index is 0.181. The first-order chi connectivity index (χ1) is 14.7. The molecular weight excluding hydrogens is 396 g/mol. The van der Waals surface area contributed by atoms with Gasteiger partial charge in [-0.3, -0.25) is 9.79 Å². The van der Waals surface area contributed by atoms with E-state index >= 15 is 0 Å². The van der Waals surface area contributed by atoms with Gasteiger partial charge in [-0.25, -0.2) is 4.98 Å². The molecule has 1 aromatic heterocycles. The third-order valence-corrected chi connectivity index (χ3v) is 5.86. The van der Waals surface area contributed by atoms with E-state index < -0.39 is 0 Å². The minimum Gasteiger partial charge on any atom is -0.368 e. The highest BCUT2D eigenvalue weighted by Gasteiger charge is 2.20. The first kappa shape index (κ1) is 22.1. The summed E-state index contributed by atoms with van der Waals surface area (Å²) in [5, 5.41) is 9.75. The number of benzene rings is 1. The number of para-hydroxylation sites is 1. The molecule has 0 radical (unpaired) electrons. The van der Waals surface area contributed by atoms with Crippen LogP contribution in [-0.4, -0.2) is 67.6 Å². The predicted octanol–water partition coefficient (Wildman–Crippen LogP) is 2.29. The first-order valence-corrected chi connectivity index (χ1v) is 11.5. The molecule has 1 aliphatic heterocycles. The number of hydrogen-bond donors (Lipinski definition) is 2. The Kier molecular flexibility index (Phi) is 8.50. The summed E-state index contributed by atoms with van der Waals surface area (Å²) in [5.41, 5.74) is 2.33. The van der Waals surface area contributed by atoms with Crippen LogP contribution < -0.4 is 15.5 Å². The topological polar surface area (TPSA) is 72.9 Å². The second-order valence-electron chi connectivity index (χ2n) is 7.25. The highest BCUT2D eigenvalue weighted by Crippen LogP contribution is 2.15. The van der Waals surface area contributed by atoms with Gasteiger partial charge < -0.3 is 20.4 Å². The van der Waals surface area contributed by atoms with E-state index in [2.05, 4.69) is 55.2 Å². The fourth-order valence-corrected chi connectivity index (χ4v) is 4.10. The number of amides is 1. The Morgan fingerprint density at radius 1 is 1.17 bits per heavy atom. The number of anilines is 1. The molecule has 1 saturated heterocycles. The normalized spacial score (nSPS) is 14.7. The average Bonchev–Trinajstić information content (AvgIpc) is 3.19. The molecule has 0 aliphatic carbocycles. The molecule has 0 bridgehead atoms. The number of nitrogens with zero attached hydrogens (tertiary/aromatic N) is 4. The Morgan fingerprint density at radius 3 is 2.60 bits per heavy atom. The maximum atomic E-state index is 12.6. The third-order valence-electron chi connectivity index (χ3n) is 5.03. The van der Waals surface area contributed by atoms with Gasteiger partial charge in [0, 0.05) is 63.2 Å². The summed E-state index contributed by atoms with van der Waals surface area (Å²) in [7, 11) is 0. The number of aryl methyl sites for hydroxylation is 1. The number of rotatable bonds is 8. The van der Waals surface area contributed by atoms with Gasteiger partial charge in [0.05, 0.1) is 17.2 Å². The molecule has 0 spiro atoms. The van der Waals surface area contributed by atoms with E-state index in [0.29, 0.717) is 13.0 Å². The number of thiazole rings is 1. The summed E-state index contributed by atoms with van der Waals surface area (Å²) in [4.78, 5) is 25.9. The van der Waals surface area contributed by atoms with Crippen molar-refractivity contribution in [1.29, 1.82) is 0 Å². The van der Waals surface area contributed by atoms with Crippen LogP contribution in [0.15, 0.2) is 40.7 Å². The second-order valence-corrected chi connectivity index (χ2v) is 8.31. The Balaban J connectivity index is 1.39. The van der Waals surface area contributed by atoms with Crippen molar-refractivity contribution in [3.8, 4) is 0 Å². The zero-order valence-corrected chi connectivity index (χ0v) is 18.7.